The number of hydrogen-bond donors (Lipinski definition) is 1. The molecular weight excluding hydrogens is 354 g/mol. The summed E-state index contributed by atoms with van der Waals surface area (Å²) < 4.78 is 6.58. The minimum absolute atomic E-state index is 0.172. The first-order valence-electron chi connectivity index (χ1n) is 7.88. The maximum atomic E-state index is 12.3. The van der Waals surface area contributed by atoms with Crippen molar-refractivity contribution >= 4 is 27.5 Å². The van der Waals surface area contributed by atoms with Crippen LogP contribution in [0.25, 0.3) is 0 Å². The van der Waals surface area contributed by atoms with Gasteiger partial charge in [-0.1, -0.05) is 32.0 Å². The average Bonchev–Trinajstić information content (AvgIpc) is 2.57. The minimum atomic E-state index is -0.569. The smallest absolute Gasteiger partial charge is 0.265 e. The number of carbonyl (C=O) groups is 1. The zero-order valence-corrected chi connectivity index (χ0v) is 15.3. The van der Waals surface area contributed by atoms with Gasteiger partial charge in [0.25, 0.3) is 5.91 Å². The second-order valence-corrected chi connectivity index (χ2v) is 6.27. The lowest BCUT2D eigenvalue weighted by atomic mass is 10.1. The second kappa shape index (κ2) is 8.16. The summed E-state index contributed by atoms with van der Waals surface area (Å²) in [7, 11) is 0. The molecule has 1 N–H and O–H groups in total. The Balaban J connectivity index is 1.99. The Morgan fingerprint density at radius 1 is 1.09 bits per heavy atom. The molecule has 1 amide bonds. The molecule has 0 aromatic heterocycles. The number of ether oxygens (including phenoxy) is 1. The Hall–Kier alpha value is -1.81. The summed E-state index contributed by atoms with van der Waals surface area (Å²) in [6.45, 7) is 5.95. The highest BCUT2D eigenvalue weighted by Crippen LogP contribution is 2.24. The van der Waals surface area contributed by atoms with Crippen LogP contribution in [0.15, 0.2) is 46.9 Å². The number of anilines is 1. The molecule has 122 valence electrons. The van der Waals surface area contributed by atoms with Crippen molar-refractivity contribution in [2.45, 2.75) is 39.7 Å². The standard InChI is InChI=1S/C19H22BrNO2/c1-4-14-6-9-16(10-7-14)23-13(3)19(22)21-18-11-8-15(5-2)12-17(18)20/h6-13H,4-5H2,1-3H3,(H,21,22). The summed E-state index contributed by atoms with van der Waals surface area (Å²) in [5.41, 5.74) is 3.22. The normalized spacial score (nSPS) is 11.8. The van der Waals surface area contributed by atoms with Crippen molar-refractivity contribution < 1.29 is 9.53 Å². The van der Waals surface area contributed by atoms with E-state index in [1.165, 1.54) is 11.1 Å². The summed E-state index contributed by atoms with van der Waals surface area (Å²) in [5.74, 6) is 0.528. The predicted molar refractivity (Wildman–Crippen MR) is 98.1 cm³/mol. The van der Waals surface area contributed by atoms with Crippen LogP contribution in [0.3, 0.4) is 0 Å². The highest BCUT2D eigenvalue weighted by Gasteiger charge is 2.16. The Labute approximate surface area is 146 Å². The average molecular weight is 376 g/mol. The van der Waals surface area contributed by atoms with Gasteiger partial charge in [-0.15, -0.1) is 0 Å². The van der Waals surface area contributed by atoms with E-state index in [2.05, 4.69) is 35.1 Å². The molecule has 0 fully saturated rings. The van der Waals surface area contributed by atoms with Crippen LogP contribution in [0.4, 0.5) is 5.69 Å². The van der Waals surface area contributed by atoms with Crippen LogP contribution in [0, 0.1) is 0 Å². The Kier molecular flexibility index (Phi) is 6.22. The number of halogens is 1. The third kappa shape index (κ3) is 4.83. The van der Waals surface area contributed by atoms with Crippen LogP contribution in [0.5, 0.6) is 5.75 Å². The van der Waals surface area contributed by atoms with E-state index < -0.39 is 6.10 Å². The van der Waals surface area contributed by atoms with Gasteiger partial charge in [-0.3, -0.25) is 4.79 Å². The summed E-state index contributed by atoms with van der Waals surface area (Å²) in [6, 6.07) is 13.8. The lowest BCUT2D eigenvalue weighted by Gasteiger charge is -2.16. The maximum Gasteiger partial charge on any atom is 0.265 e. The van der Waals surface area contributed by atoms with Gasteiger partial charge in [0, 0.05) is 4.47 Å². The van der Waals surface area contributed by atoms with Crippen molar-refractivity contribution in [1.82, 2.24) is 0 Å². The van der Waals surface area contributed by atoms with E-state index in [1.54, 1.807) is 6.92 Å². The van der Waals surface area contributed by atoms with E-state index in [0.29, 0.717) is 5.75 Å². The van der Waals surface area contributed by atoms with E-state index in [9.17, 15) is 4.79 Å². The summed E-state index contributed by atoms with van der Waals surface area (Å²) in [4.78, 5) is 12.3. The molecule has 1 atom stereocenters. The molecule has 0 saturated carbocycles. The molecule has 1 unspecified atom stereocenters. The first kappa shape index (κ1) is 17.5. The largest absolute Gasteiger partial charge is 0.481 e. The second-order valence-electron chi connectivity index (χ2n) is 5.41. The van der Waals surface area contributed by atoms with E-state index in [1.807, 2.05) is 42.5 Å². The predicted octanol–water partition coefficient (Wildman–Crippen LogP) is 4.98. The maximum absolute atomic E-state index is 12.3. The molecule has 3 nitrogen and oxygen atoms in total. The molecule has 0 saturated heterocycles. The number of hydrogen-bond acceptors (Lipinski definition) is 2. The topological polar surface area (TPSA) is 38.3 Å². The van der Waals surface area contributed by atoms with E-state index >= 15 is 0 Å². The molecule has 0 aliphatic heterocycles. The van der Waals surface area contributed by atoms with Crippen LogP contribution < -0.4 is 10.1 Å². The van der Waals surface area contributed by atoms with Crippen LogP contribution in [0.2, 0.25) is 0 Å². The lowest BCUT2D eigenvalue weighted by molar-refractivity contribution is -0.122. The minimum Gasteiger partial charge on any atom is -0.481 e. The number of rotatable bonds is 6. The zero-order chi connectivity index (χ0) is 16.8. The molecule has 0 radical (unpaired) electrons. The van der Waals surface area contributed by atoms with Crippen LogP contribution in [0.1, 0.15) is 31.9 Å². The van der Waals surface area contributed by atoms with Crippen LogP contribution >= 0.6 is 15.9 Å². The first-order chi connectivity index (χ1) is 11.0. The van der Waals surface area contributed by atoms with Gasteiger partial charge in [0.1, 0.15) is 5.75 Å². The monoisotopic (exact) mass is 375 g/mol. The number of aryl methyl sites for hydroxylation is 2. The summed E-state index contributed by atoms with van der Waals surface area (Å²) in [5, 5.41) is 2.89. The fourth-order valence-electron chi connectivity index (χ4n) is 2.18. The van der Waals surface area contributed by atoms with Crippen LogP contribution in [-0.4, -0.2) is 12.0 Å². The molecule has 4 heteroatoms. The third-order valence-corrected chi connectivity index (χ3v) is 4.37. The molecule has 2 aromatic rings. The number of carbonyl (C=O) groups excluding carboxylic acids is 1. The van der Waals surface area contributed by atoms with Crippen molar-refractivity contribution in [1.29, 1.82) is 0 Å². The zero-order valence-electron chi connectivity index (χ0n) is 13.7. The molecule has 23 heavy (non-hydrogen) atoms. The van der Waals surface area contributed by atoms with Crippen molar-refractivity contribution in [3.63, 3.8) is 0 Å². The van der Waals surface area contributed by atoms with Crippen molar-refractivity contribution in [3.05, 3.63) is 58.1 Å². The molecule has 0 bridgehead atoms. The molecule has 0 spiro atoms. The quantitative estimate of drug-likeness (QED) is 0.772. The summed E-state index contributed by atoms with van der Waals surface area (Å²) >= 11 is 3.49. The van der Waals surface area contributed by atoms with Gasteiger partial charge in [0.15, 0.2) is 6.10 Å². The van der Waals surface area contributed by atoms with E-state index in [4.69, 9.17) is 4.74 Å². The van der Waals surface area contributed by atoms with Gasteiger partial charge in [0.2, 0.25) is 0 Å². The number of benzene rings is 2. The van der Waals surface area contributed by atoms with Crippen molar-refractivity contribution in [2.75, 3.05) is 5.32 Å². The van der Waals surface area contributed by atoms with Crippen LogP contribution in [-0.2, 0) is 17.6 Å². The molecular formula is C19H22BrNO2. The molecule has 2 rings (SSSR count). The number of nitrogens with one attached hydrogen (secondary N) is 1. The Bertz CT molecular complexity index is 668. The van der Waals surface area contributed by atoms with Crippen molar-refractivity contribution in [3.8, 4) is 5.75 Å². The van der Waals surface area contributed by atoms with Crippen molar-refractivity contribution in [2.24, 2.45) is 0 Å². The highest BCUT2D eigenvalue weighted by molar-refractivity contribution is 9.10. The number of amides is 1. The van der Waals surface area contributed by atoms with Gasteiger partial charge in [-0.05, 0) is 71.1 Å². The molecule has 2 aromatic carbocycles. The lowest BCUT2D eigenvalue weighted by Crippen LogP contribution is -2.30. The fraction of sp³-hybridized carbons (Fsp3) is 0.316. The molecule has 0 heterocycles. The first-order valence-corrected chi connectivity index (χ1v) is 8.67. The third-order valence-electron chi connectivity index (χ3n) is 3.71. The Morgan fingerprint density at radius 3 is 2.26 bits per heavy atom. The van der Waals surface area contributed by atoms with Gasteiger partial charge >= 0.3 is 0 Å². The molecule has 0 aliphatic rings. The van der Waals surface area contributed by atoms with E-state index in [-0.39, 0.29) is 5.91 Å². The highest BCUT2D eigenvalue weighted by atomic mass is 79.9. The fourth-order valence-corrected chi connectivity index (χ4v) is 2.70. The molecule has 0 aliphatic carbocycles. The van der Waals surface area contributed by atoms with Gasteiger partial charge < -0.3 is 10.1 Å². The summed E-state index contributed by atoms with van der Waals surface area (Å²) in [6.07, 6.45) is 1.37. The van der Waals surface area contributed by atoms with Gasteiger partial charge in [-0.2, -0.15) is 0 Å². The van der Waals surface area contributed by atoms with E-state index in [0.717, 1.165) is 23.0 Å². The SMILES string of the molecule is CCc1ccc(OC(C)C(=O)Nc2ccc(CC)cc2Br)cc1. The Morgan fingerprint density at radius 2 is 1.70 bits per heavy atom. The van der Waals surface area contributed by atoms with Gasteiger partial charge in [-0.25, -0.2) is 0 Å². The van der Waals surface area contributed by atoms with Gasteiger partial charge in [0.05, 0.1) is 5.69 Å².